The maximum Gasteiger partial charge on any atom is 0.158 e. The highest BCUT2D eigenvalue weighted by Gasteiger charge is 2.02. The topological polar surface area (TPSA) is 88.2 Å². The molecule has 0 radical (unpaired) electrons. The summed E-state index contributed by atoms with van der Waals surface area (Å²) in [5.74, 6) is 1.30. The number of aromatic hydroxyl groups is 1. The summed E-state index contributed by atoms with van der Waals surface area (Å²) in [5.41, 5.74) is 4.44. The first-order valence-corrected chi connectivity index (χ1v) is 7.52. The van der Waals surface area contributed by atoms with Crippen molar-refractivity contribution in [3.8, 4) is 11.6 Å². The summed E-state index contributed by atoms with van der Waals surface area (Å²) in [7, 11) is 0. The van der Waals surface area contributed by atoms with Gasteiger partial charge in [-0.15, -0.1) is 0 Å². The third-order valence-electron chi connectivity index (χ3n) is 2.97. The number of phenols is 1. The summed E-state index contributed by atoms with van der Waals surface area (Å²) in [5, 5.41) is 18.0. The standard InChI is InChI=1S/C15H13BrN6O/c1-10-6-20-22(8-10)15-5-14(17-9-18-15)21-19-7-11-4-12(16)2-3-13(11)23/h2-9,23H,1H3,(H,17,18,21)/b19-7+. The Bertz CT molecular complexity index is 861. The number of aromatic nitrogens is 4. The molecule has 2 aromatic heterocycles. The second kappa shape index (κ2) is 6.57. The Labute approximate surface area is 140 Å². The van der Waals surface area contributed by atoms with E-state index in [4.69, 9.17) is 0 Å². The van der Waals surface area contributed by atoms with E-state index in [0.29, 0.717) is 17.2 Å². The van der Waals surface area contributed by atoms with Gasteiger partial charge in [0.2, 0.25) is 0 Å². The molecule has 0 bridgehead atoms. The zero-order valence-corrected chi connectivity index (χ0v) is 13.8. The molecule has 0 amide bonds. The number of hydrazone groups is 1. The van der Waals surface area contributed by atoms with Crippen LogP contribution in [0, 0.1) is 6.92 Å². The lowest BCUT2D eigenvalue weighted by molar-refractivity contribution is 0.474. The van der Waals surface area contributed by atoms with Crippen LogP contribution in [-0.4, -0.2) is 31.1 Å². The van der Waals surface area contributed by atoms with Crippen molar-refractivity contribution < 1.29 is 5.11 Å². The minimum Gasteiger partial charge on any atom is -0.507 e. The number of anilines is 1. The van der Waals surface area contributed by atoms with Gasteiger partial charge in [0.1, 0.15) is 12.1 Å². The van der Waals surface area contributed by atoms with Crippen LogP contribution in [-0.2, 0) is 0 Å². The lowest BCUT2D eigenvalue weighted by atomic mass is 10.2. The van der Waals surface area contributed by atoms with Gasteiger partial charge in [-0.05, 0) is 30.7 Å². The van der Waals surface area contributed by atoms with Gasteiger partial charge in [-0.3, -0.25) is 5.43 Å². The molecule has 8 heteroatoms. The SMILES string of the molecule is Cc1cnn(-c2cc(N/N=C/c3cc(Br)ccc3O)ncn2)c1. The quantitative estimate of drug-likeness (QED) is 0.542. The van der Waals surface area contributed by atoms with Crippen molar-refractivity contribution in [2.24, 2.45) is 5.10 Å². The molecule has 0 spiro atoms. The van der Waals surface area contributed by atoms with Crippen LogP contribution < -0.4 is 5.43 Å². The highest BCUT2D eigenvalue weighted by atomic mass is 79.9. The molecular weight excluding hydrogens is 360 g/mol. The number of halogens is 1. The molecule has 23 heavy (non-hydrogen) atoms. The van der Waals surface area contributed by atoms with Crippen molar-refractivity contribution in [3.05, 3.63) is 58.6 Å². The van der Waals surface area contributed by atoms with Gasteiger partial charge >= 0.3 is 0 Å². The van der Waals surface area contributed by atoms with E-state index in [0.717, 1.165) is 10.0 Å². The lowest BCUT2D eigenvalue weighted by Gasteiger charge is -2.03. The number of hydrogen-bond donors (Lipinski definition) is 2. The number of rotatable bonds is 4. The largest absolute Gasteiger partial charge is 0.507 e. The number of aryl methyl sites for hydroxylation is 1. The molecule has 7 nitrogen and oxygen atoms in total. The Hall–Kier alpha value is -2.74. The van der Waals surface area contributed by atoms with Gasteiger partial charge < -0.3 is 5.11 Å². The van der Waals surface area contributed by atoms with Gasteiger partial charge in [0.25, 0.3) is 0 Å². The number of nitrogens with zero attached hydrogens (tertiary/aromatic N) is 5. The molecule has 0 aliphatic carbocycles. The van der Waals surface area contributed by atoms with Crippen LogP contribution in [0.4, 0.5) is 5.82 Å². The molecule has 0 unspecified atom stereocenters. The average Bonchev–Trinajstić information content (AvgIpc) is 2.98. The van der Waals surface area contributed by atoms with E-state index in [-0.39, 0.29) is 5.75 Å². The molecule has 0 atom stereocenters. The van der Waals surface area contributed by atoms with Crippen LogP contribution in [0.1, 0.15) is 11.1 Å². The molecule has 2 heterocycles. The zero-order valence-electron chi connectivity index (χ0n) is 12.2. The van der Waals surface area contributed by atoms with Gasteiger partial charge in [-0.25, -0.2) is 14.6 Å². The molecule has 0 saturated carbocycles. The van der Waals surface area contributed by atoms with E-state index in [1.165, 1.54) is 12.5 Å². The minimum absolute atomic E-state index is 0.147. The fourth-order valence-corrected chi connectivity index (χ4v) is 2.25. The molecule has 116 valence electrons. The van der Waals surface area contributed by atoms with Crippen molar-refractivity contribution >= 4 is 28.0 Å². The Kier molecular flexibility index (Phi) is 4.33. The van der Waals surface area contributed by atoms with Crippen LogP contribution >= 0.6 is 15.9 Å². The van der Waals surface area contributed by atoms with Crippen molar-refractivity contribution in [2.45, 2.75) is 6.92 Å². The third kappa shape index (κ3) is 3.72. The summed E-state index contributed by atoms with van der Waals surface area (Å²) in [6.07, 6.45) is 6.57. The van der Waals surface area contributed by atoms with E-state index < -0.39 is 0 Å². The molecule has 0 fully saturated rings. The first-order valence-electron chi connectivity index (χ1n) is 6.73. The smallest absolute Gasteiger partial charge is 0.158 e. The second-order valence-electron chi connectivity index (χ2n) is 4.80. The molecule has 0 saturated heterocycles. The van der Waals surface area contributed by atoms with Crippen molar-refractivity contribution in [3.63, 3.8) is 0 Å². The summed E-state index contributed by atoms with van der Waals surface area (Å²) < 4.78 is 2.52. The van der Waals surface area contributed by atoms with E-state index in [1.54, 1.807) is 35.1 Å². The predicted molar refractivity (Wildman–Crippen MR) is 90.9 cm³/mol. The Morgan fingerprint density at radius 2 is 2.17 bits per heavy atom. The van der Waals surface area contributed by atoms with E-state index in [9.17, 15) is 5.11 Å². The lowest BCUT2D eigenvalue weighted by Crippen LogP contribution is -2.01. The molecule has 2 N–H and O–H groups in total. The van der Waals surface area contributed by atoms with Crippen LogP contribution in [0.15, 0.2) is 52.6 Å². The molecule has 0 aliphatic heterocycles. The number of benzene rings is 1. The molecule has 1 aromatic carbocycles. The van der Waals surface area contributed by atoms with Crippen LogP contribution in [0.25, 0.3) is 5.82 Å². The van der Waals surface area contributed by atoms with Crippen LogP contribution in [0.3, 0.4) is 0 Å². The Morgan fingerprint density at radius 3 is 2.96 bits per heavy atom. The van der Waals surface area contributed by atoms with Gasteiger partial charge in [0, 0.05) is 22.3 Å². The zero-order chi connectivity index (χ0) is 16.2. The summed E-state index contributed by atoms with van der Waals surface area (Å²) >= 11 is 3.35. The molecule has 3 rings (SSSR count). The summed E-state index contributed by atoms with van der Waals surface area (Å²) in [4.78, 5) is 8.26. The highest BCUT2D eigenvalue weighted by Crippen LogP contribution is 2.20. The molecule has 3 aromatic rings. The maximum absolute atomic E-state index is 9.75. The maximum atomic E-state index is 9.75. The van der Waals surface area contributed by atoms with Crippen LogP contribution in [0.5, 0.6) is 5.75 Å². The fraction of sp³-hybridized carbons (Fsp3) is 0.0667. The number of hydrogen-bond acceptors (Lipinski definition) is 6. The number of phenolic OH excluding ortho intramolecular Hbond substituents is 1. The second-order valence-corrected chi connectivity index (χ2v) is 5.71. The Balaban J connectivity index is 1.76. The van der Waals surface area contributed by atoms with Gasteiger partial charge in [0.15, 0.2) is 11.6 Å². The van der Waals surface area contributed by atoms with Crippen LogP contribution in [0.2, 0.25) is 0 Å². The van der Waals surface area contributed by atoms with Crippen molar-refractivity contribution in [1.82, 2.24) is 19.7 Å². The fourth-order valence-electron chi connectivity index (χ4n) is 1.87. The summed E-state index contributed by atoms with van der Waals surface area (Å²) in [6.45, 7) is 1.96. The number of nitrogens with one attached hydrogen (secondary N) is 1. The normalized spacial score (nSPS) is 11.0. The van der Waals surface area contributed by atoms with E-state index in [2.05, 4.69) is 41.5 Å². The third-order valence-corrected chi connectivity index (χ3v) is 3.46. The monoisotopic (exact) mass is 372 g/mol. The first-order chi connectivity index (χ1) is 11.1. The van der Waals surface area contributed by atoms with E-state index in [1.807, 2.05) is 13.1 Å². The Morgan fingerprint density at radius 1 is 1.30 bits per heavy atom. The predicted octanol–water partition coefficient (Wildman–Crippen LogP) is 2.88. The van der Waals surface area contributed by atoms with E-state index >= 15 is 0 Å². The molecule has 0 aliphatic rings. The van der Waals surface area contributed by atoms with Gasteiger partial charge in [-0.1, -0.05) is 15.9 Å². The minimum atomic E-state index is 0.147. The average molecular weight is 373 g/mol. The molecular formula is C15H13BrN6O. The van der Waals surface area contributed by atoms with Crippen molar-refractivity contribution in [2.75, 3.05) is 5.43 Å². The van der Waals surface area contributed by atoms with Gasteiger partial charge in [-0.2, -0.15) is 10.2 Å². The van der Waals surface area contributed by atoms with Gasteiger partial charge in [0.05, 0.1) is 12.4 Å². The summed E-state index contributed by atoms with van der Waals surface area (Å²) in [6, 6.07) is 6.83. The van der Waals surface area contributed by atoms with Crippen molar-refractivity contribution in [1.29, 1.82) is 0 Å². The first kappa shape index (κ1) is 15.2. The highest BCUT2D eigenvalue weighted by molar-refractivity contribution is 9.10.